The van der Waals surface area contributed by atoms with E-state index in [2.05, 4.69) is 0 Å². The minimum absolute atomic E-state index is 0.0510. The Balaban J connectivity index is 2.66. The third-order valence-electron chi connectivity index (χ3n) is 2.68. The van der Waals surface area contributed by atoms with Gasteiger partial charge in [-0.05, 0) is 11.5 Å². The summed E-state index contributed by atoms with van der Waals surface area (Å²) in [5.74, 6) is 0.0510. The molecule has 0 saturated heterocycles. The molecule has 0 atom stereocenters. The summed E-state index contributed by atoms with van der Waals surface area (Å²) < 4.78 is 9.98. The zero-order valence-electron chi connectivity index (χ0n) is 8.96. The van der Waals surface area contributed by atoms with Crippen LogP contribution in [0, 0.1) is 0 Å². The van der Waals surface area contributed by atoms with Crippen LogP contribution in [0.4, 0.5) is 0 Å². The summed E-state index contributed by atoms with van der Waals surface area (Å²) >= 11 is 0. The topological polar surface area (TPSA) is 46.5 Å². The van der Waals surface area contributed by atoms with Crippen LogP contribution in [-0.4, -0.2) is 5.11 Å². The van der Waals surface area contributed by atoms with E-state index in [4.69, 9.17) is 9.15 Å². The van der Waals surface area contributed by atoms with Gasteiger partial charge in [0.25, 0.3) is 0 Å². The van der Waals surface area contributed by atoms with Crippen molar-refractivity contribution in [2.24, 2.45) is 0 Å². The first-order chi connectivity index (χ1) is 8.36. The van der Waals surface area contributed by atoms with E-state index in [1.807, 2.05) is 48.5 Å². The quantitative estimate of drug-likeness (QED) is 0.589. The van der Waals surface area contributed by atoms with E-state index in [1.54, 1.807) is 0 Å². The first-order valence-electron chi connectivity index (χ1n) is 5.27. The molecule has 1 aromatic heterocycles. The van der Waals surface area contributed by atoms with Gasteiger partial charge in [0.05, 0.1) is 0 Å². The summed E-state index contributed by atoms with van der Waals surface area (Å²) in [6, 6.07) is 15.1. The molecule has 1 heterocycles. The van der Waals surface area contributed by atoms with Crippen LogP contribution in [0.15, 0.2) is 63.9 Å². The smallest absolute Gasteiger partial charge is 0.186 e. The van der Waals surface area contributed by atoms with Crippen LogP contribution in [-0.2, 0) is 0 Å². The van der Waals surface area contributed by atoms with Gasteiger partial charge in [-0.25, -0.2) is 0 Å². The molecule has 0 amide bonds. The van der Waals surface area contributed by atoms with Gasteiger partial charge in [-0.15, -0.1) is 0 Å². The highest BCUT2D eigenvalue weighted by molar-refractivity contribution is 6.05. The summed E-state index contributed by atoms with van der Waals surface area (Å²) in [7, 11) is 0. The van der Waals surface area contributed by atoms with Crippen LogP contribution < -0.4 is 0 Å². The lowest BCUT2D eigenvalue weighted by molar-refractivity contribution is 0.0664. The molecule has 3 heteroatoms. The van der Waals surface area contributed by atoms with Crippen LogP contribution in [0.3, 0.4) is 0 Å². The molecule has 0 unspecified atom stereocenters. The first kappa shape index (κ1) is 9.78. The molecule has 0 fully saturated rings. The molecule has 3 aromatic rings. The number of para-hydroxylation sites is 1. The van der Waals surface area contributed by atoms with Crippen molar-refractivity contribution in [3.8, 4) is 5.75 Å². The van der Waals surface area contributed by atoms with Gasteiger partial charge in [-0.2, -0.15) is 0 Å². The largest absolute Gasteiger partial charge is 0.504 e. The van der Waals surface area contributed by atoms with E-state index in [1.165, 1.54) is 6.26 Å². The maximum Gasteiger partial charge on any atom is 0.186 e. The van der Waals surface area contributed by atoms with E-state index in [0.29, 0.717) is 5.58 Å². The predicted molar refractivity (Wildman–Crippen MR) is 65.3 cm³/mol. The second-order valence-corrected chi connectivity index (χ2v) is 3.72. The van der Waals surface area contributed by atoms with Crippen molar-refractivity contribution in [1.29, 1.82) is 0 Å². The summed E-state index contributed by atoms with van der Waals surface area (Å²) in [5.41, 5.74) is 0.628. The molecule has 2 aromatic carbocycles. The van der Waals surface area contributed by atoms with Crippen molar-refractivity contribution in [3.05, 3.63) is 54.8 Å². The van der Waals surface area contributed by atoms with Crippen LogP contribution >= 0.6 is 0 Å². The molecule has 0 spiro atoms. The Morgan fingerprint density at radius 3 is 2.24 bits per heavy atom. The lowest BCUT2D eigenvalue weighted by atomic mass is 10.1. The van der Waals surface area contributed by atoms with Crippen LogP contribution in [0.25, 0.3) is 21.7 Å². The molecule has 0 aliphatic rings. The maximum absolute atomic E-state index is 9.85. The minimum Gasteiger partial charge on any atom is -0.504 e. The van der Waals surface area contributed by atoms with Gasteiger partial charge in [0.2, 0.25) is 0 Å². The Morgan fingerprint density at radius 1 is 0.765 bits per heavy atom. The van der Waals surface area contributed by atoms with Gasteiger partial charge in [-0.3, -0.25) is 9.15 Å². The monoisotopic (exact) mass is 226 g/mol. The van der Waals surface area contributed by atoms with E-state index < -0.39 is 0 Å². The Hall–Kier alpha value is -2.42. The average Bonchev–Trinajstić information content (AvgIpc) is 2.37. The third kappa shape index (κ3) is 1.61. The Morgan fingerprint density at radius 2 is 1.41 bits per heavy atom. The molecule has 84 valence electrons. The van der Waals surface area contributed by atoms with Crippen LogP contribution in [0.5, 0.6) is 5.75 Å². The van der Waals surface area contributed by atoms with E-state index in [0.717, 1.165) is 16.2 Å². The highest BCUT2D eigenvalue weighted by atomic mass is 17.0. The van der Waals surface area contributed by atoms with E-state index in [-0.39, 0.29) is 5.75 Å². The van der Waals surface area contributed by atoms with Crippen molar-refractivity contribution in [2.45, 2.75) is 0 Å². The van der Waals surface area contributed by atoms with E-state index in [9.17, 15) is 5.11 Å². The number of hydrogen-bond donors (Lipinski definition) is 1. The molecule has 0 aliphatic heterocycles. The summed E-state index contributed by atoms with van der Waals surface area (Å²) in [5, 5.41) is 12.4. The van der Waals surface area contributed by atoms with Crippen molar-refractivity contribution in [2.75, 3.05) is 0 Å². The van der Waals surface area contributed by atoms with Crippen molar-refractivity contribution in [3.63, 3.8) is 0 Å². The molecule has 1 N–H and O–H groups in total. The molecular formula is C14H10O3. The number of aromatic hydroxyl groups is 1. The Bertz CT molecular complexity index is 720. The van der Waals surface area contributed by atoms with Gasteiger partial charge >= 0.3 is 0 Å². The number of fused-ring (bicyclic) bond motifs is 3. The van der Waals surface area contributed by atoms with Crippen molar-refractivity contribution in [1.82, 2.24) is 0 Å². The highest BCUT2D eigenvalue weighted by Crippen LogP contribution is 2.27. The summed E-state index contributed by atoms with van der Waals surface area (Å²) in [6.45, 7) is 0. The second-order valence-electron chi connectivity index (χ2n) is 3.72. The van der Waals surface area contributed by atoms with Crippen molar-refractivity contribution < 1.29 is 14.3 Å². The third-order valence-corrected chi connectivity index (χ3v) is 2.68. The summed E-state index contributed by atoms with van der Waals surface area (Å²) in [6.07, 6.45) is 1.19. The predicted octanol–water partition coefficient (Wildman–Crippen LogP) is 4.01. The molecular weight excluding hydrogens is 216 g/mol. The second kappa shape index (κ2) is 3.87. The van der Waals surface area contributed by atoms with Gasteiger partial charge in [0.1, 0.15) is 0 Å². The zero-order chi connectivity index (χ0) is 11.7. The molecule has 0 bridgehead atoms. The molecule has 17 heavy (non-hydrogen) atoms. The first-order valence-corrected chi connectivity index (χ1v) is 5.27. The Kier molecular flexibility index (Phi) is 2.22. The standard InChI is InChI=1S/C14H10O3/c15-13-9-16-17-14-8-4-3-7-12(14)10-5-1-2-6-11(10)13/h1-9,15H. The highest BCUT2D eigenvalue weighted by Gasteiger charge is 2.02. The maximum atomic E-state index is 9.85. The fourth-order valence-electron chi connectivity index (χ4n) is 1.89. The zero-order valence-corrected chi connectivity index (χ0v) is 8.96. The fraction of sp³-hybridized carbons (Fsp3) is 0. The number of rotatable bonds is 0. The molecule has 0 radical (unpaired) electrons. The lowest BCUT2D eigenvalue weighted by Gasteiger charge is -2.00. The van der Waals surface area contributed by atoms with Crippen LogP contribution in [0.1, 0.15) is 0 Å². The lowest BCUT2D eigenvalue weighted by Crippen LogP contribution is -1.75. The van der Waals surface area contributed by atoms with Gasteiger partial charge in [0, 0.05) is 10.8 Å². The fourth-order valence-corrected chi connectivity index (χ4v) is 1.89. The van der Waals surface area contributed by atoms with Crippen LogP contribution in [0.2, 0.25) is 0 Å². The minimum atomic E-state index is 0.0510. The van der Waals surface area contributed by atoms with Gasteiger partial charge < -0.3 is 5.11 Å². The number of benzene rings is 2. The normalized spacial score (nSPS) is 10.6. The van der Waals surface area contributed by atoms with Gasteiger partial charge in [-0.1, -0.05) is 42.5 Å². The molecule has 3 nitrogen and oxygen atoms in total. The molecule has 0 aliphatic carbocycles. The van der Waals surface area contributed by atoms with Gasteiger partial charge in [0.15, 0.2) is 17.6 Å². The van der Waals surface area contributed by atoms with Crippen molar-refractivity contribution >= 4 is 21.7 Å². The van der Waals surface area contributed by atoms with E-state index >= 15 is 0 Å². The number of hydrogen-bond acceptors (Lipinski definition) is 3. The molecule has 3 rings (SSSR count). The average molecular weight is 226 g/mol. The summed E-state index contributed by atoms with van der Waals surface area (Å²) in [4.78, 5) is 0. The Labute approximate surface area is 97.1 Å². The SMILES string of the molecule is Oc1cooc2ccccc2c2ccccc12. The molecule has 0 saturated carbocycles.